The molecule has 0 unspecified atom stereocenters. The highest BCUT2D eigenvalue weighted by Gasteiger charge is 2.33. The smallest absolute Gasteiger partial charge is 0.335 e. The van der Waals surface area contributed by atoms with E-state index < -0.39 is 11.7 Å². The second kappa shape index (κ2) is 6.67. The second-order valence-corrected chi connectivity index (χ2v) is 6.11. The number of amides is 1. The van der Waals surface area contributed by atoms with E-state index in [2.05, 4.69) is 0 Å². The fourth-order valence-corrected chi connectivity index (χ4v) is 2.67. The highest BCUT2D eigenvalue weighted by atomic mass is 19.4. The number of alkyl halides is 3. The third-order valence-corrected chi connectivity index (χ3v) is 4.14. The quantitative estimate of drug-likeness (QED) is 0.792. The van der Waals surface area contributed by atoms with E-state index >= 15 is 0 Å². The van der Waals surface area contributed by atoms with Crippen LogP contribution >= 0.6 is 0 Å². The molecule has 5 heteroatoms. The van der Waals surface area contributed by atoms with Gasteiger partial charge in [0.05, 0.1) is 12.0 Å². The third kappa shape index (κ3) is 4.16. The molecule has 1 aliphatic carbocycles. The number of benzene rings is 2. The fourth-order valence-electron chi connectivity index (χ4n) is 2.67. The maximum atomic E-state index is 12.6. The number of halogens is 3. The van der Waals surface area contributed by atoms with Gasteiger partial charge in [-0.3, -0.25) is 4.79 Å². The largest absolute Gasteiger partial charge is 0.416 e. The van der Waals surface area contributed by atoms with E-state index in [1.807, 2.05) is 35.2 Å². The molecule has 1 aliphatic rings. The first kappa shape index (κ1) is 16.6. The van der Waals surface area contributed by atoms with Crippen LogP contribution in [0.2, 0.25) is 0 Å². The summed E-state index contributed by atoms with van der Waals surface area (Å²) >= 11 is 0. The highest BCUT2D eigenvalue weighted by molar-refractivity contribution is 5.79. The number of carbonyl (C=O) groups excluding carboxylic acids is 1. The first-order chi connectivity index (χ1) is 11.4. The van der Waals surface area contributed by atoms with Crippen molar-refractivity contribution in [2.75, 3.05) is 0 Å². The molecule has 1 saturated carbocycles. The molecule has 126 valence electrons. The van der Waals surface area contributed by atoms with Gasteiger partial charge in [0, 0.05) is 12.6 Å². The zero-order chi connectivity index (χ0) is 17.2. The van der Waals surface area contributed by atoms with Gasteiger partial charge in [-0.1, -0.05) is 42.5 Å². The van der Waals surface area contributed by atoms with Crippen LogP contribution in [0.4, 0.5) is 13.2 Å². The summed E-state index contributed by atoms with van der Waals surface area (Å²) in [5.41, 5.74) is 0.971. The summed E-state index contributed by atoms with van der Waals surface area (Å²) in [5.74, 6) is -0.0406. The molecule has 2 nitrogen and oxygen atoms in total. The molecule has 1 fully saturated rings. The Bertz CT molecular complexity index is 691. The molecule has 0 aliphatic heterocycles. The minimum atomic E-state index is -4.35. The predicted octanol–water partition coefficient (Wildman–Crippen LogP) is 4.44. The van der Waals surface area contributed by atoms with Crippen LogP contribution in [0.3, 0.4) is 0 Å². The molecular formula is C19H18F3NO. The molecule has 0 spiro atoms. The summed E-state index contributed by atoms with van der Waals surface area (Å²) in [7, 11) is 0. The molecule has 0 bridgehead atoms. The molecule has 0 radical (unpaired) electrons. The fraction of sp³-hybridized carbons (Fsp3) is 0.316. The monoisotopic (exact) mass is 333 g/mol. The minimum absolute atomic E-state index is 0.0406. The number of hydrogen-bond donors (Lipinski definition) is 0. The number of carbonyl (C=O) groups is 1. The summed E-state index contributed by atoms with van der Waals surface area (Å²) in [6, 6.07) is 14.8. The summed E-state index contributed by atoms with van der Waals surface area (Å²) < 4.78 is 37.8. The van der Waals surface area contributed by atoms with Crippen molar-refractivity contribution in [1.82, 2.24) is 4.90 Å². The van der Waals surface area contributed by atoms with E-state index in [0.29, 0.717) is 12.1 Å². The summed E-state index contributed by atoms with van der Waals surface area (Å²) in [6.07, 6.45) is -2.24. The van der Waals surface area contributed by atoms with Crippen LogP contribution in [0.5, 0.6) is 0 Å². The van der Waals surface area contributed by atoms with Crippen molar-refractivity contribution < 1.29 is 18.0 Å². The molecule has 24 heavy (non-hydrogen) atoms. The number of hydrogen-bond acceptors (Lipinski definition) is 1. The van der Waals surface area contributed by atoms with Crippen LogP contribution in [0.15, 0.2) is 54.6 Å². The Hall–Kier alpha value is -2.30. The number of rotatable bonds is 5. The topological polar surface area (TPSA) is 20.3 Å². The summed E-state index contributed by atoms with van der Waals surface area (Å²) in [6.45, 7) is 0.547. The van der Waals surface area contributed by atoms with E-state index in [1.54, 1.807) is 0 Å². The molecule has 0 aromatic heterocycles. The van der Waals surface area contributed by atoms with Gasteiger partial charge in [0.25, 0.3) is 0 Å². The normalized spacial score (nSPS) is 14.5. The molecule has 2 aromatic carbocycles. The van der Waals surface area contributed by atoms with Crippen LogP contribution in [0.25, 0.3) is 0 Å². The Balaban J connectivity index is 1.67. The zero-order valence-corrected chi connectivity index (χ0v) is 13.1. The Kier molecular flexibility index (Phi) is 4.60. The van der Waals surface area contributed by atoms with Gasteiger partial charge >= 0.3 is 6.18 Å². The van der Waals surface area contributed by atoms with E-state index in [-0.39, 0.29) is 18.4 Å². The van der Waals surface area contributed by atoms with Gasteiger partial charge < -0.3 is 4.90 Å². The van der Waals surface area contributed by atoms with Crippen LogP contribution in [-0.2, 0) is 23.9 Å². The van der Waals surface area contributed by atoms with Gasteiger partial charge in [-0.2, -0.15) is 13.2 Å². The molecule has 0 saturated heterocycles. The molecular weight excluding hydrogens is 315 g/mol. The lowest BCUT2D eigenvalue weighted by molar-refractivity contribution is -0.137. The van der Waals surface area contributed by atoms with Crippen molar-refractivity contribution in [2.24, 2.45) is 0 Å². The van der Waals surface area contributed by atoms with Crippen LogP contribution in [0, 0.1) is 0 Å². The average molecular weight is 333 g/mol. The first-order valence-corrected chi connectivity index (χ1v) is 7.93. The van der Waals surface area contributed by atoms with Crippen molar-refractivity contribution in [3.05, 3.63) is 71.3 Å². The van der Waals surface area contributed by atoms with Crippen LogP contribution in [0.1, 0.15) is 29.5 Å². The van der Waals surface area contributed by atoms with Crippen LogP contribution in [-0.4, -0.2) is 16.8 Å². The van der Waals surface area contributed by atoms with Crippen molar-refractivity contribution in [1.29, 1.82) is 0 Å². The Morgan fingerprint density at radius 2 is 1.58 bits per heavy atom. The Labute approximate surface area is 138 Å². The van der Waals surface area contributed by atoms with E-state index in [9.17, 15) is 18.0 Å². The second-order valence-electron chi connectivity index (χ2n) is 6.11. The lowest BCUT2D eigenvalue weighted by Crippen LogP contribution is -2.33. The van der Waals surface area contributed by atoms with E-state index in [1.165, 1.54) is 12.1 Å². The SMILES string of the molecule is O=C(Cc1ccc(C(F)(F)F)cc1)N(Cc1ccccc1)C1CC1. The number of nitrogens with zero attached hydrogens (tertiary/aromatic N) is 1. The lowest BCUT2D eigenvalue weighted by atomic mass is 10.1. The van der Waals surface area contributed by atoms with Crippen molar-refractivity contribution >= 4 is 5.91 Å². The van der Waals surface area contributed by atoms with Gasteiger partial charge in [-0.15, -0.1) is 0 Å². The van der Waals surface area contributed by atoms with Gasteiger partial charge in [-0.25, -0.2) is 0 Å². The summed E-state index contributed by atoms with van der Waals surface area (Å²) in [5, 5.41) is 0. The molecule has 0 heterocycles. The zero-order valence-electron chi connectivity index (χ0n) is 13.1. The third-order valence-electron chi connectivity index (χ3n) is 4.14. The maximum Gasteiger partial charge on any atom is 0.416 e. The lowest BCUT2D eigenvalue weighted by Gasteiger charge is -2.23. The van der Waals surface area contributed by atoms with Crippen molar-refractivity contribution in [2.45, 2.75) is 38.0 Å². The van der Waals surface area contributed by atoms with Gasteiger partial charge in [0.15, 0.2) is 0 Å². The average Bonchev–Trinajstić information content (AvgIpc) is 3.38. The minimum Gasteiger partial charge on any atom is -0.335 e. The van der Waals surface area contributed by atoms with Gasteiger partial charge in [-0.05, 0) is 36.1 Å². The standard InChI is InChI=1S/C19H18F3NO/c20-19(21,22)16-8-6-14(7-9-16)12-18(24)23(17-10-11-17)13-15-4-2-1-3-5-15/h1-9,17H,10-13H2. The van der Waals surface area contributed by atoms with E-state index in [0.717, 1.165) is 30.5 Å². The molecule has 0 atom stereocenters. The molecule has 0 N–H and O–H groups in total. The first-order valence-electron chi connectivity index (χ1n) is 7.93. The summed E-state index contributed by atoms with van der Waals surface area (Å²) in [4.78, 5) is 14.4. The molecule has 1 amide bonds. The van der Waals surface area contributed by atoms with Crippen molar-refractivity contribution in [3.63, 3.8) is 0 Å². The molecule has 2 aromatic rings. The Morgan fingerprint density at radius 1 is 0.958 bits per heavy atom. The van der Waals surface area contributed by atoms with Crippen molar-refractivity contribution in [3.8, 4) is 0 Å². The van der Waals surface area contributed by atoms with E-state index in [4.69, 9.17) is 0 Å². The van der Waals surface area contributed by atoms with Crippen LogP contribution < -0.4 is 0 Å². The maximum absolute atomic E-state index is 12.6. The highest BCUT2D eigenvalue weighted by Crippen LogP contribution is 2.30. The van der Waals surface area contributed by atoms with Gasteiger partial charge in [0.2, 0.25) is 5.91 Å². The van der Waals surface area contributed by atoms with Gasteiger partial charge in [0.1, 0.15) is 0 Å². The Morgan fingerprint density at radius 3 is 2.12 bits per heavy atom. The predicted molar refractivity (Wildman–Crippen MR) is 85.2 cm³/mol. The molecule has 3 rings (SSSR count).